The van der Waals surface area contributed by atoms with Gasteiger partial charge in [0, 0.05) is 19.6 Å². The van der Waals surface area contributed by atoms with Crippen LogP contribution in [0.15, 0.2) is 47.4 Å². The molecule has 1 aliphatic heterocycles. The van der Waals surface area contributed by atoms with E-state index in [4.69, 9.17) is 16.3 Å². The predicted octanol–water partition coefficient (Wildman–Crippen LogP) is 3.14. The van der Waals surface area contributed by atoms with Crippen molar-refractivity contribution >= 4 is 21.6 Å². The third kappa shape index (κ3) is 5.27. The molecule has 1 fully saturated rings. The molecule has 3 rings (SSSR count). The number of hydrogen-bond acceptors (Lipinski definition) is 4. The van der Waals surface area contributed by atoms with Gasteiger partial charge < -0.3 is 4.74 Å². The number of benzene rings is 2. The summed E-state index contributed by atoms with van der Waals surface area (Å²) in [6, 6.07) is 10.7. The molecule has 2 aromatic rings. The Kier molecular flexibility index (Phi) is 6.49. The van der Waals surface area contributed by atoms with Crippen LogP contribution in [-0.2, 0) is 14.8 Å². The van der Waals surface area contributed by atoms with Crippen molar-refractivity contribution < 1.29 is 17.5 Å². The first-order valence-corrected chi connectivity index (χ1v) is 10.6. The molecular weight excluding hydrogens is 391 g/mol. The van der Waals surface area contributed by atoms with Crippen LogP contribution in [0.3, 0.4) is 0 Å². The average Bonchev–Trinajstić information content (AvgIpc) is 2.64. The molecule has 5 nitrogen and oxygen atoms in total. The van der Waals surface area contributed by atoms with Gasteiger partial charge in [-0.3, -0.25) is 4.90 Å². The Balaban J connectivity index is 1.86. The Bertz CT molecular complexity index is 884. The van der Waals surface area contributed by atoms with Crippen molar-refractivity contribution in [3.63, 3.8) is 0 Å². The van der Waals surface area contributed by atoms with Crippen LogP contribution in [0.2, 0.25) is 5.02 Å². The third-order valence-corrected chi connectivity index (χ3v) is 6.28. The zero-order chi connectivity index (χ0) is 19.4. The lowest BCUT2D eigenvalue weighted by Gasteiger charge is -2.31. The van der Waals surface area contributed by atoms with Crippen LogP contribution in [0, 0.1) is 12.7 Å². The standard InChI is InChI=1S/C19H22ClFN2O3S/c1-14-2-4-15(5-3-14)19(13-23-8-10-26-11-9-23)22-27(24,25)16-6-7-18(21)17(20)12-16/h2-7,12,19,22H,8-11,13H2,1H3/t19-/m1/s1. The van der Waals surface area contributed by atoms with Crippen LogP contribution in [0.5, 0.6) is 0 Å². The first-order valence-electron chi connectivity index (χ1n) is 8.69. The molecule has 0 amide bonds. The van der Waals surface area contributed by atoms with Gasteiger partial charge in [0.2, 0.25) is 10.0 Å². The second-order valence-electron chi connectivity index (χ2n) is 6.57. The maximum atomic E-state index is 13.4. The lowest BCUT2D eigenvalue weighted by atomic mass is 10.1. The number of halogens is 2. The summed E-state index contributed by atoms with van der Waals surface area (Å²) in [6.45, 7) is 5.23. The first kappa shape index (κ1) is 20.2. The summed E-state index contributed by atoms with van der Waals surface area (Å²) in [5.41, 5.74) is 1.96. The molecule has 0 aromatic heterocycles. The Labute approximate surface area is 164 Å². The molecule has 2 aromatic carbocycles. The van der Waals surface area contributed by atoms with Gasteiger partial charge in [0.05, 0.1) is 29.2 Å². The highest BCUT2D eigenvalue weighted by molar-refractivity contribution is 7.89. The summed E-state index contributed by atoms with van der Waals surface area (Å²) in [6.07, 6.45) is 0. The van der Waals surface area contributed by atoms with E-state index in [0.29, 0.717) is 19.8 Å². The van der Waals surface area contributed by atoms with E-state index in [0.717, 1.165) is 36.3 Å². The van der Waals surface area contributed by atoms with E-state index < -0.39 is 21.9 Å². The number of ether oxygens (including phenoxy) is 1. The van der Waals surface area contributed by atoms with Crippen LogP contribution < -0.4 is 4.72 Å². The quantitative estimate of drug-likeness (QED) is 0.791. The topological polar surface area (TPSA) is 58.6 Å². The van der Waals surface area contributed by atoms with Gasteiger partial charge in [0.15, 0.2) is 0 Å². The predicted molar refractivity (Wildman–Crippen MR) is 103 cm³/mol. The highest BCUT2D eigenvalue weighted by atomic mass is 35.5. The van der Waals surface area contributed by atoms with Crippen LogP contribution in [0.25, 0.3) is 0 Å². The monoisotopic (exact) mass is 412 g/mol. The van der Waals surface area contributed by atoms with Gasteiger partial charge in [0.25, 0.3) is 0 Å². The van der Waals surface area contributed by atoms with Crippen LogP contribution >= 0.6 is 11.6 Å². The highest BCUT2D eigenvalue weighted by Crippen LogP contribution is 2.23. The zero-order valence-corrected chi connectivity index (χ0v) is 16.6. The summed E-state index contributed by atoms with van der Waals surface area (Å²) in [5.74, 6) is -0.654. The minimum atomic E-state index is -3.87. The molecule has 0 aliphatic carbocycles. The van der Waals surface area contributed by atoms with E-state index >= 15 is 0 Å². The fourth-order valence-corrected chi connectivity index (χ4v) is 4.44. The van der Waals surface area contributed by atoms with E-state index in [1.165, 1.54) is 6.07 Å². The van der Waals surface area contributed by atoms with Crippen molar-refractivity contribution in [3.05, 3.63) is 64.4 Å². The third-order valence-electron chi connectivity index (χ3n) is 4.52. The second-order valence-corrected chi connectivity index (χ2v) is 8.69. The van der Waals surface area contributed by atoms with Crippen molar-refractivity contribution in [1.29, 1.82) is 0 Å². The van der Waals surface area contributed by atoms with E-state index in [1.54, 1.807) is 0 Å². The maximum Gasteiger partial charge on any atom is 0.241 e. The molecule has 8 heteroatoms. The van der Waals surface area contributed by atoms with E-state index in [2.05, 4.69) is 9.62 Å². The number of sulfonamides is 1. The smallest absolute Gasteiger partial charge is 0.241 e. The molecule has 1 atom stereocenters. The zero-order valence-electron chi connectivity index (χ0n) is 15.0. The molecule has 146 valence electrons. The molecule has 27 heavy (non-hydrogen) atoms. The molecule has 1 saturated heterocycles. The van der Waals surface area contributed by atoms with E-state index in [9.17, 15) is 12.8 Å². The van der Waals surface area contributed by atoms with Crippen molar-refractivity contribution in [1.82, 2.24) is 9.62 Å². The number of aryl methyl sites for hydroxylation is 1. The summed E-state index contributed by atoms with van der Waals surface area (Å²) in [7, 11) is -3.87. The van der Waals surface area contributed by atoms with Crippen LogP contribution in [-0.4, -0.2) is 46.2 Å². The largest absolute Gasteiger partial charge is 0.379 e. The first-order chi connectivity index (χ1) is 12.8. The van der Waals surface area contributed by atoms with Gasteiger partial charge in [0.1, 0.15) is 5.82 Å². The molecule has 0 radical (unpaired) electrons. The molecule has 1 N–H and O–H groups in total. The van der Waals surface area contributed by atoms with Crippen LogP contribution in [0.1, 0.15) is 17.2 Å². The summed E-state index contributed by atoms with van der Waals surface area (Å²) >= 11 is 5.76. The average molecular weight is 413 g/mol. The Morgan fingerprint density at radius 3 is 2.48 bits per heavy atom. The molecule has 0 saturated carbocycles. The normalized spacial score (nSPS) is 17.0. The van der Waals surface area contributed by atoms with Gasteiger partial charge in [-0.25, -0.2) is 17.5 Å². The maximum absolute atomic E-state index is 13.4. The second kappa shape index (κ2) is 8.67. The lowest BCUT2D eigenvalue weighted by molar-refractivity contribution is 0.0345. The van der Waals surface area contributed by atoms with Gasteiger partial charge in [-0.05, 0) is 30.7 Å². The summed E-state index contributed by atoms with van der Waals surface area (Å²) < 4.78 is 47.2. The van der Waals surface area contributed by atoms with Gasteiger partial charge in [-0.15, -0.1) is 0 Å². The Morgan fingerprint density at radius 1 is 1.19 bits per heavy atom. The van der Waals surface area contributed by atoms with Gasteiger partial charge >= 0.3 is 0 Å². The van der Waals surface area contributed by atoms with Crippen molar-refractivity contribution in [2.45, 2.75) is 17.9 Å². The molecule has 0 spiro atoms. The van der Waals surface area contributed by atoms with Crippen LogP contribution in [0.4, 0.5) is 4.39 Å². The van der Waals surface area contributed by atoms with Gasteiger partial charge in [-0.2, -0.15) is 0 Å². The summed E-state index contributed by atoms with van der Waals surface area (Å²) in [4.78, 5) is 2.10. The number of morpholine rings is 1. The molecule has 0 bridgehead atoms. The van der Waals surface area contributed by atoms with Crippen molar-refractivity contribution in [3.8, 4) is 0 Å². The Hall–Kier alpha value is -1.51. The highest BCUT2D eigenvalue weighted by Gasteiger charge is 2.25. The number of hydrogen-bond donors (Lipinski definition) is 1. The summed E-state index contributed by atoms with van der Waals surface area (Å²) in [5, 5.41) is -0.224. The molecule has 1 aliphatic rings. The number of nitrogens with one attached hydrogen (secondary N) is 1. The molecular formula is C19H22ClFN2O3S. The number of rotatable bonds is 6. The number of nitrogens with zero attached hydrogens (tertiary/aromatic N) is 1. The molecule has 0 unspecified atom stereocenters. The SMILES string of the molecule is Cc1ccc([C@@H](CN2CCOCC2)NS(=O)(=O)c2ccc(F)c(Cl)c2)cc1. The van der Waals surface area contributed by atoms with Gasteiger partial charge in [-0.1, -0.05) is 41.4 Å². The minimum absolute atomic E-state index is 0.0620. The minimum Gasteiger partial charge on any atom is -0.379 e. The van der Waals surface area contributed by atoms with Crippen molar-refractivity contribution in [2.75, 3.05) is 32.8 Å². The van der Waals surface area contributed by atoms with E-state index in [-0.39, 0.29) is 9.92 Å². The Morgan fingerprint density at radius 2 is 1.85 bits per heavy atom. The van der Waals surface area contributed by atoms with Crippen molar-refractivity contribution in [2.24, 2.45) is 0 Å². The van der Waals surface area contributed by atoms with E-state index in [1.807, 2.05) is 31.2 Å². The fourth-order valence-electron chi connectivity index (χ4n) is 2.95. The molecule has 1 heterocycles. The fraction of sp³-hybridized carbons (Fsp3) is 0.368. The lowest BCUT2D eigenvalue weighted by Crippen LogP contribution is -2.43.